The summed E-state index contributed by atoms with van der Waals surface area (Å²) < 4.78 is 0. The highest BCUT2D eigenvalue weighted by Gasteiger charge is 2.16. The van der Waals surface area contributed by atoms with Gasteiger partial charge in [0.25, 0.3) is 0 Å². The van der Waals surface area contributed by atoms with Crippen molar-refractivity contribution in [2.75, 3.05) is 14.1 Å². The van der Waals surface area contributed by atoms with E-state index in [2.05, 4.69) is 22.8 Å². The van der Waals surface area contributed by atoms with Gasteiger partial charge in [0.2, 0.25) is 0 Å². The van der Waals surface area contributed by atoms with Gasteiger partial charge >= 0.3 is 0 Å². The van der Waals surface area contributed by atoms with E-state index in [0.29, 0.717) is 12.1 Å². The molecule has 1 aliphatic carbocycles. The number of hydrogen-bond acceptors (Lipinski definition) is 2. The normalized spacial score (nSPS) is 32.6. The number of likely N-dealkylation sites (N-methyl/N-ethyl adjacent to an activating group) is 2. The largest absolute Gasteiger partial charge is 0.315 e. The van der Waals surface area contributed by atoms with Gasteiger partial charge in [-0.1, -0.05) is 12.2 Å². The van der Waals surface area contributed by atoms with Gasteiger partial charge in [-0.3, -0.25) is 0 Å². The van der Waals surface area contributed by atoms with Gasteiger partial charge in [0, 0.05) is 12.1 Å². The quantitative estimate of drug-likeness (QED) is 0.546. The van der Waals surface area contributed by atoms with Crippen LogP contribution in [0.15, 0.2) is 12.2 Å². The molecule has 0 heterocycles. The summed E-state index contributed by atoms with van der Waals surface area (Å²) in [5.41, 5.74) is 0. The molecular weight excluding hydrogens is 124 g/mol. The fourth-order valence-corrected chi connectivity index (χ4v) is 1.45. The van der Waals surface area contributed by atoms with E-state index in [9.17, 15) is 0 Å². The number of nitrogens with one attached hydrogen (secondary N) is 2. The summed E-state index contributed by atoms with van der Waals surface area (Å²) in [6.45, 7) is 0. The zero-order valence-corrected chi connectivity index (χ0v) is 6.72. The topological polar surface area (TPSA) is 24.1 Å². The summed E-state index contributed by atoms with van der Waals surface area (Å²) in [6.07, 6.45) is 6.95. The number of rotatable bonds is 2. The van der Waals surface area contributed by atoms with Gasteiger partial charge in [-0.15, -0.1) is 0 Å². The van der Waals surface area contributed by atoms with E-state index in [1.54, 1.807) is 0 Å². The lowest BCUT2D eigenvalue weighted by molar-refractivity contribution is 0.426. The molecule has 0 bridgehead atoms. The first kappa shape index (κ1) is 7.76. The van der Waals surface area contributed by atoms with Crippen LogP contribution in [-0.4, -0.2) is 26.2 Å². The Morgan fingerprint density at radius 3 is 2.60 bits per heavy atom. The van der Waals surface area contributed by atoms with E-state index in [1.165, 1.54) is 12.8 Å². The maximum atomic E-state index is 3.29. The fraction of sp³-hybridized carbons (Fsp3) is 0.750. The van der Waals surface area contributed by atoms with Gasteiger partial charge in [0.1, 0.15) is 0 Å². The highest BCUT2D eigenvalue weighted by molar-refractivity contribution is 5.03. The van der Waals surface area contributed by atoms with Crippen molar-refractivity contribution in [1.82, 2.24) is 10.6 Å². The van der Waals surface area contributed by atoms with Crippen LogP contribution in [-0.2, 0) is 0 Å². The lowest BCUT2D eigenvalue weighted by Gasteiger charge is -2.26. The molecule has 2 nitrogen and oxygen atoms in total. The SMILES string of the molecule is CNC1C=CCCC1NC. The third-order valence-electron chi connectivity index (χ3n) is 2.13. The first-order valence-electron chi connectivity index (χ1n) is 3.89. The molecule has 0 aromatic rings. The minimum Gasteiger partial charge on any atom is -0.315 e. The maximum Gasteiger partial charge on any atom is 0.0402 e. The van der Waals surface area contributed by atoms with Crippen LogP contribution < -0.4 is 10.6 Å². The van der Waals surface area contributed by atoms with Crippen molar-refractivity contribution in [3.05, 3.63) is 12.2 Å². The molecule has 0 saturated heterocycles. The highest BCUT2D eigenvalue weighted by Crippen LogP contribution is 2.10. The molecule has 0 spiro atoms. The average Bonchev–Trinajstić information content (AvgIpc) is 2.04. The van der Waals surface area contributed by atoms with Gasteiger partial charge in [0.15, 0.2) is 0 Å². The van der Waals surface area contributed by atoms with Crippen LogP contribution >= 0.6 is 0 Å². The molecule has 0 aliphatic heterocycles. The zero-order valence-electron chi connectivity index (χ0n) is 6.72. The summed E-state index contributed by atoms with van der Waals surface area (Å²) in [6, 6.07) is 1.15. The Hall–Kier alpha value is -0.340. The first-order chi connectivity index (χ1) is 4.88. The molecule has 1 rings (SSSR count). The van der Waals surface area contributed by atoms with Crippen LogP contribution in [0.5, 0.6) is 0 Å². The molecule has 2 heteroatoms. The first-order valence-corrected chi connectivity index (χ1v) is 3.89. The summed E-state index contributed by atoms with van der Waals surface area (Å²) >= 11 is 0. The Bertz CT molecular complexity index is 120. The molecule has 0 fully saturated rings. The summed E-state index contributed by atoms with van der Waals surface area (Å²) in [5, 5.41) is 6.55. The minimum absolute atomic E-state index is 0.527. The molecule has 2 N–H and O–H groups in total. The second-order valence-electron chi connectivity index (χ2n) is 2.72. The summed E-state index contributed by atoms with van der Waals surface area (Å²) in [4.78, 5) is 0. The van der Waals surface area contributed by atoms with Crippen molar-refractivity contribution in [2.24, 2.45) is 0 Å². The van der Waals surface area contributed by atoms with Crippen LogP contribution in [0.3, 0.4) is 0 Å². The second kappa shape index (κ2) is 3.74. The molecule has 1 aliphatic rings. The van der Waals surface area contributed by atoms with E-state index >= 15 is 0 Å². The molecule has 10 heavy (non-hydrogen) atoms. The highest BCUT2D eigenvalue weighted by atomic mass is 15.0. The summed E-state index contributed by atoms with van der Waals surface area (Å²) in [7, 11) is 4.03. The molecule has 0 saturated carbocycles. The Labute approximate surface area is 62.7 Å². The Balaban J connectivity index is 2.47. The molecular formula is C8H16N2. The van der Waals surface area contributed by atoms with Crippen LogP contribution in [0, 0.1) is 0 Å². The molecule has 0 aromatic heterocycles. The van der Waals surface area contributed by atoms with Crippen molar-refractivity contribution in [2.45, 2.75) is 24.9 Å². The monoisotopic (exact) mass is 140 g/mol. The van der Waals surface area contributed by atoms with Gasteiger partial charge in [-0.2, -0.15) is 0 Å². The Kier molecular flexibility index (Phi) is 2.90. The average molecular weight is 140 g/mol. The predicted molar refractivity (Wildman–Crippen MR) is 44.1 cm³/mol. The lowest BCUT2D eigenvalue weighted by Crippen LogP contribution is -2.45. The van der Waals surface area contributed by atoms with E-state index in [4.69, 9.17) is 0 Å². The molecule has 0 aromatic carbocycles. The van der Waals surface area contributed by atoms with Gasteiger partial charge in [0.05, 0.1) is 0 Å². The van der Waals surface area contributed by atoms with Crippen molar-refractivity contribution in [1.29, 1.82) is 0 Å². The Morgan fingerprint density at radius 1 is 1.30 bits per heavy atom. The van der Waals surface area contributed by atoms with Crippen molar-refractivity contribution < 1.29 is 0 Å². The molecule has 0 amide bonds. The lowest BCUT2D eigenvalue weighted by atomic mass is 9.97. The zero-order chi connectivity index (χ0) is 7.40. The van der Waals surface area contributed by atoms with E-state index < -0.39 is 0 Å². The van der Waals surface area contributed by atoms with Crippen LogP contribution in [0.2, 0.25) is 0 Å². The Morgan fingerprint density at radius 2 is 2.10 bits per heavy atom. The number of allylic oxidation sites excluding steroid dienone is 1. The molecule has 2 unspecified atom stereocenters. The standard InChI is InChI=1S/C8H16N2/c1-9-7-5-3-4-6-8(7)10-2/h3,5,7-10H,4,6H2,1-2H3. The second-order valence-corrected chi connectivity index (χ2v) is 2.72. The third kappa shape index (κ3) is 1.58. The summed E-state index contributed by atoms with van der Waals surface area (Å²) in [5.74, 6) is 0. The fourth-order valence-electron chi connectivity index (χ4n) is 1.45. The van der Waals surface area contributed by atoms with Crippen molar-refractivity contribution in [3.8, 4) is 0 Å². The molecule has 2 atom stereocenters. The van der Waals surface area contributed by atoms with Gasteiger partial charge < -0.3 is 10.6 Å². The molecule has 58 valence electrons. The maximum absolute atomic E-state index is 3.29. The van der Waals surface area contributed by atoms with Crippen LogP contribution in [0.1, 0.15) is 12.8 Å². The van der Waals surface area contributed by atoms with Gasteiger partial charge in [-0.05, 0) is 26.9 Å². The van der Waals surface area contributed by atoms with Crippen molar-refractivity contribution >= 4 is 0 Å². The van der Waals surface area contributed by atoms with E-state index in [-0.39, 0.29) is 0 Å². The molecule has 0 radical (unpaired) electrons. The van der Waals surface area contributed by atoms with Crippen LogP contribution in [0.4, 0.5) is 0 Å². The number of hydrogen-bond donors (Lipinski definition) is 2. The van der Waals surface area contributed by atoms with Gasteiger partial charge in [-0.25, -0.2) is 0 Å². The predicted octanol–water partition coefficient (Wildman–Crippen LogP) is 0.512. The minimum atomic E-state index is 0.527. The van der Waals surface area contributed by atoms with Crippen molar-refractivity contribution in [3.63, 3.8) is 0 Å². The smallest absolute Gasteiger partial charge is 0.0402 e. The third-order valence-corrected chi connectivity index (χ3v) is 2.13. The van der Waals surface area contributed by atoms with Crippen LogP contribution in [0.25, 0.3) is 0 Å². The van der Waals surface area contributed by atoms with E-state index in [0.717, 1.165) is 0 Å². The van der Waals surface area contributed by atoms with E-state index in [1.807, 2.05) is 14.1 Å².